The highest BCUT2D eigenvalue weighted by molar-refractivity contribution is 7.89. The average molecular weight is 460 g/mol. The van der Waals surface area contributed by atoms with E-state index in [1.807, 2.05) is 4.90 Å². The molecular weight excluding hydrogens is 440 g/mol. The number of hydrogen-bond donors (Lipinski definition) is 1. The first-order chi connectivity index (χ1) is 13.7. The molecule has 1 heterocycles. The molecule has 10 heteroatoms. The van der Waals surface area contributed by atoms with Crippen molar-refractivity contribution in [2.45, 2.75) is 11.8 Å². The first-order valence-electron chi connectivity index (χ1n) is 8.91. The van der Waals surface area contributed by atoms with Gasteiger partial charge in [0.2, 0.25) is 15.9 Å². The molecule has 6 nitrogen and oxygen atoms in total. The average Bonchev–Trinajstić information content (AvgIpc) is 2.65. The van der Waals surface area contributed by atoms with Crippen LogP contribution in [-0.2, 0) is 14.8 Å². The molecule has 29 heavy (non-hydrogen) atoms. The molecule has 1 saturated heterocycles. The molecule has 2 aromatic rings. The molecule has 0 bridgehead atoms. The van der Waals surface area contributed by atoms with E-state index in [2.05, 4.69) is 5.32 Å². The summed E-state index contributed by atoms with van der Waals surface area (Å²) in [6.07, 6.45) is 0. The fraction of sp³-hybridized carbons (Fsp3) is 0.316. The third kappa shape index (κ3) is 5.07. The van der Waals surface area contributed by atoms with Gasteiger partial charge in [-0.05, 0) is 36.8 Å². The normalized spacial score (nSPS) is 16.0. The second kappa shape index (κ2) is 8.97. The Labute approximate surface area is 179 Å². The number of carbonyl (C=O) groups is 1. The van der Waals surface area contributed by atoms with E-state index in [9.17, 15) is 17.6 Å². The molecule has 0 aromatic heterocycles. The lowest BCUT2D eigenvalue weighted by Crippen LogP contribution is -2.50. The zero-order valence-electron chi connectivity index (χ0n) is 15.7. The standard InChI is InChI=1S/C19H20Cl2FN3O3S/c1-13-5-6-14(11-17(13)22)23-18(26)12-24-7-9-25(10-8-24)29(27,28)19-15(20)3-2-4-16(19)21/h2-6,11H,7-10,12H2,1H3,(H,23,26). The Morgan fingerprint density at radius 2 is 1.72 bits per heavy atom. The van der Waals surface area contributed by atoms with Crippen molar-refractivity contribution in [1.82, 2.24) is 9.21 Å². The molecule has 2 aromatic carbocycles. The van der Waals surface area contributed by atoms with Gasteiger partial charge in [-0.3, -0.25) is 9.69 Å². The van der Waals surface area contributed by atoms with Crippen LogP contribution < -0.4 is 5.32 Å². The summed E-state index contributed by atoms with van der Waals surface area (Å²) in [6, 6.07) is 9.04. The third-order valence-electron chi connectivity index (χ3n) is 4.67. The van der Waals surface area contributed by atoms with Crippen molar-refractivity contribution in [2.75, 3.05) is 38.0 Å². The molecule has 0 saturated carbocycles. The lowest BCUT2D eigenvalue weighted by Gasteiger charge is -2.33. The Bertz CT molecular complexity index is 1010. The topological polar surface area (TPSA) is 69.7 Å². The van der Waals surface area contributed by atoms with Crippen molar-refractivity contribution in [3.63, 3.8) is 0 Å². The number of benzene rings is 2. The molecule has 1 fully saturated rings. The number of aryl methyl sites for hydroxylation is 1. The van der Waals surface area contributed by atoms with Crippen LogP contribution in [-0.4, -0.2) is 56.3 Å². The van der Waals surface area contributed by atoms with Crippen LogP contribution in [0.25, 0.3) is 0 Å². The van der Waals surface area contributed by atoms with Crippen LogP contribution >= 0.6 is 23.2 Å². The summed E-state index contributed by atoms with van der Waals surface area (Å²) < 4.78 is 40.7. The van der Waals surface area contributed by atoms with E-state index in [4.69, 9.17) is 23.2 Å². The zero-order valence-corrected chi connectivity index (χ0v) is 18.0. The van der Waals surface area contributed by atoms with Gasteiger partial charge in [-0.15, -0.1) is 0 Å². The van der Waals surface area contributed by atoms with Gasteiger partial charge in [-0.2, -0.15) is 4.31 Å². The molecule has 1 amide bonds. The van der Waals surface area contributed by atoms with Crippen LogP contribution in [0.15, 0.2) is 41.3 Å². The van der Waals surface area contributed by atoms with Crippen molar-refractivity contribution < 1.29 is 17.6 Å². The largest absolute Gasteiger partial charge is 0.325 e. The summed E-state index contributed by atoms with van der Waals surface area (Å²) in [5.41, 5.74) is 0.881. The number of nitrogens with zero attached hydrogens (tertiary/aromatic N) is 2. The van der Waals surface area contributed by atoms with Gasteiger partial charge >= 0.3 is 0 Å². The SMILES string of the molecule is Cc1ccc(NC(=O)CN2CCN(S(=O)(=O)c3c(Cl)cccc3Cl)CC2)cc1F. The lowest BCUT2D eigenvalue weighted by molar-refractivity contribution is -0.117. The fourth-order valence-electron chi connectivity index (χ4n) is 3.06. The number of sulfonamides is 1. The molecule has 0 aliphatic carbocycles. The van der Waals surface area contributed by atoms with E-state index in [1.165, 1.54) is 22.5 Å². The van der Waals surface area contributed by atoms with Crippen molar-refractivity contribution in [3.05, 3.63) is 57.8 Å². The first kappa shape index (κ1) is 22.0. The van der Waals surface area contributed by atoms with Crippen molar-refractivity contribution in [1.29, 1.82) is 0 Å². The summed E-state index contributed by atoms with van der Waals surface area (Å²) >= 11 is 12.1. The summed E-state index contributed by atoms with van der Waals surface area (Å²) in [5.74, 6) is -0.682. The smallest absolute Gasteiger partial charge is 0.246 e. The van der Waals surface area contributed by atoms with E-state index >= 15 is 0 Å². The minimum absolute atomic E-state index is 0.0737. The number of nitrogens with one attached hydrogen (secondary N) is 1. The van der Waals surface area contributed by atoms with Crippen LogP contribution in [0.3, 0.4) is 0 Å². The highest BCUT2D eigenvalue weighted by Crippen LogP contribution is 2.31. The molecule has 1 N–H and O–H groups in total. The van der Waals surface area contributed by atoms with Gasteiger partial charge in [0.05, 0.1) is 16.6 Å². The summed E-state index contributed by atoms with van der Waals surface area (Å²) in [7, 11) is -3.83. The van der Waals surface area contributed by atoms with Gasteiger partial charge in [-0.25, -0.2) is 12.8 Å². The van der Waals surface area contributed by atoms with Crippen molar-refractivity contribution in [3.8, 4) is 0 Å². The number of amides is 1. The van der Waals surface area contributed by atoms with Gasteiger partial charge in [-0.1, -0.05) is 35.3 Å². The second-order valence-corrected chi connectivity index (χ2v) is 9.43. The number of rotatable bonds is 5. The molecule has 0 radical (unpaired) electrons. The number of hydrogen-bond acceptors (Lipinski definition) is 4. The van der Waals surface area contributed by atoms with Crippen LogP contribution in [0.2, 0.25) is 10.0 Å². The predicted molar refractivity (Wildman–Crippen MR) is 111 cm³/mol. The van der Waals surface area contributed by atoms with Crippen LogP contribution in [0.1, 0.15) is 5.56 Å². The predicted octanol–water partition coefficient (Wildman–Crippen LogP) is 3.39. The highest BCUT2D eigenvalue weighted by Gasteiger charge is 2.32. The minimum Gasteiger partial charge on any atom is -0.325 e. The molecule has 0 unspecified atom stereocenters. The van der Waals surface area contributed by atoms with E-state index in [1.54, 1.807) is 25.1 Å². The minimum atomic E-state index is -3.83. The Morgan fingerprint density at radius 3 is 2.31 bits per heavy atom. The third-order valence-corrected chi connectivity index (χ3v) is 7.53. The Balaban J connectivity index is 1.59. The van der Waals surface area contributed by atoms with Gasteiger partial charge in [0.15, 0.2) is 0 Å². The molecular formula is C19H20Cl2FN3O3S. The number of piperazine rings is 1. The zero-order chi connectivity index (χ0) is 21.2. The Morgan fingerprint density at radius 1 is 1.10 bits per heavy atom. The number of halogens is 3. The Kier molecular flexibility index (Phi) is 6.80. The quantitative estimate of drug-likeness (QED) is 0.743. The summed E-state index contributed by atoms with van der Waals surface area (Å²) in [6.45, 7) is 2.88. The van der Waals surface area contributed by atoms with Crippen molar-refractivity contribution in [2.24, 2.45) is 0 Å². The molecule has 3 rings (SSSR count). The first-order valence-corrected chi connectivity index (χ1v) is 11.1. The molecule has 1 aliphatic heterocycles. The van der Waals surface area contributed by atoms with Gasteiger partial charge in [0, 0.05) is 31.9 Å². The maximum Gasteiger partial charge on any atom is 0.246 e. The molecule has 0 spiro atoms. The van der Waals surface area contributed by atoms with E-state index in [-0.39, 0.29) is 46.3 Å². The van der Waals surface area contributed by atoms with Crippen LogP contribution in [0.5, 0.6) is 0 Å². The van der Waals surface area contributed by atoms with Crippen molar-refractivity contribution >= 4 is 44.8 Å². The summed E-state index contributed by atoms with van der Waals surface area (Å²) in [4.78, 5) is 14.0. The molecule has 156 valence electrons. The maximum atomic E-state index is 13.6. The number of anilines is 1. The maximum absolute atomic E-state index is 13.6. The van der Waals surface area contributed by atoms with E-state index in [0.717, 1.165) is 0 Å². The fourth-order valence-corrected chi connectivity index (χ4v) is 5.57. The lowest BCUT2D eigenvalue weighted by atomic mass is 10.2. The Hall–Kier alpha value is -1.71. The van der Waals surface area contributed by atoms with Gasteiger partial charge in [0.1, 0.15) is 10.7 Å². The summed E-state index contributed by atoms with van der Waals surface area (Å²) in [5, 5.41) is 2.80. The van der Waals surface area contributed by atoms with E-state index < -0.39 is 10.0 Å². The van der Waals surface area contributed by atoms with Gasteiger partial charge in [0.25, 0.3) is 0 Å². The number of carbonyl (C=O) groups excluding carboxylic acids is 1. The second-order valence-electron chi connectivity index (χ2n) is 6.74. The van der Waals surface area contributed by atoms with E-state index in [0.29, 0.717) is 24.3 Å². The highest BCUT2D eigenvalue weighted by atomic mass is 35.5. The van der Waals surface area contributed by atoms with Crippen LogP contribution in [0.4, 0.5) is 10.1 Å². The van der Waals surface area contributed by atoms with Gasteiger partial charge < -0.3 is 5.32 Å². The molecule has 0 atom stereocenters. The monoisotopic (exact) mass is 459 g/mol. The molecule has 1 aliphatic rings. The van der Waals surface area contributed by atoms with Crippen LogP contribution in [0, 0.1) is 12.7 Å².